The van der Waals surface area contributed by atoms with Gasteiger partial charge in [0.15, 0.2) is 5.82 Å². The molecule has 0 spiro atoms. The molecule has 96 valence electrons. The lowest BCUT2D eigenvalue weighted by atomic mass is 10.1. The van der Waals surface area contributed by atoms with Gasteiger partial charge in [-0.25, -0.2) is 14.8 Å². The topological polar surface area (TPSA) is 76.0 Å². The quantitative estimate of drug-likeness (QED) is 0.911. The first-order chi connectivity index (χ1) is 9.15. The van der Waals surface area contributed by atoms with Crippen molar-refractivity contribution in [1.29, 1.82) is 0 Å². The second kappa shape index (κ2) is 4.42. The number of pyridine rings is 1. The molecule has 1 N–H and O–H groups in total. The van der Waals surface area contributed by atoms with E-state index in [1.54, 1.807) is 6.20 Å². The highest BCUT2D eigenvalue weighted by atomic mass is 16.4. The van der Waals surface area contributed by atoms with Crippen LogP contribution in [0.25, 0.3) is 11.5 Å². The van der Waals surface area contributed by atoms with Crippen molar-refractivity contribution in [2.24, 2.45) is 0 Å². The maximum Gasteiger partial charge on any atom is 0.339 e. The Morgan fingerprint density at radius 1 is 1.37 bits per heavy atom. The van der Waals surface area contributed by atoms with E-state index in [2.05, 4.69) is 15.0 Å². The van der Waals surface area contributed by atoms with Crippen LogP contribution in [0.3, 0.4) is 0 Å². The highest BCUT2D eigenvalue weighted by molar-refractivity contribution is 5.89. The van der Waals surface area contributed by atoms with Crippen molar-refractivity contribution < 1.29 is 9.90 Å². The number of hydrogen-bond acceptors (Lipinski definition) is 4. The fraction of sp³-hybridized carbons (Fsp3) is 0.286. The van der Waals surface area contributed by atoms with Crippen molar-refractivity contribution in [3.05, 3.63) is 41.3 Å². The first kappa shape index (κ1) is 11.8. The number of aromatic nitrogens is 3. The second-order valence-corrected chi connectivity index (χ2v) is 4.79. The first-order valence-electron chi connectivity index (χ1n) is 6.18. The Morgan fingerprint density at radius 2 is 2.16 bits per heavy atom. The van der Waals surface area contributed by atoms with E-state index in [-0.39, 0.29) is 11.5 Å². The van der Waals surface area contributed by atoms with Crippen LogP contribution in [-0.4, -0.2) is 26.0 Å². The molecule has 0 radical (unpaired) electrons. The Bertz CT molecular complexity index is 651. The molecule has 1 aliphatic rings. The second-order valence-electron chi connectivity index (χ2n) is 4.79. The van der Waals surface area contributed by atoms with Gasteiger partial charge >= 0.3 is 5.97 Å². The van der Waals surface area contributed by atoms with Crippen LogP contribution < -0.4 is 0 Å². The number of aryl methyl sites for hydroxylation is 1. The molecule has 0 bridgehead atoms. The monoisotopic (exact) mass is 255 g/mol. The van der Waals surface area contributed by atoms with E-state index in [4.69, 9.17) is 5.11 Å². The molecule has 0 amide bonds. The molecule has 0 atom stereocenters. The number of nitrogens with zero attached hydrogens (tertiary/aromatic N) is 3. The number of aromatic carboxylic acids is 1. The van der Waals surface area contributed by atoms with Crippen molar-refractivity contribution in [1.82, 2.24) is 15.0 Å². The Morgan fingerprint density at radius 3 is 2.79 bits per heavy atom. The van der Waals surface area contributed by atoms with Gasteiger partial charge in [-0.3, -0.25) is 4.98 Å². The zero-order valence-corrected chi connectivity index (χ0v) is 10.5. The zero-order chi connectivity index (χ0) is 13.4. The van der Waals surface area contributed by atoms with E-state index in [0.29, 0.717) is 17.2 Å². The summed E-state index contributed by atoms with van der Waals surface area (Å²) in [5.74, 6) is -0.209. The number of carboxylic acids is 1. The van der Waals surface area contributed by atoms with E-state index in [1.807, 2.05) is 19.1 Å². The predicted octanol–water partition coefficient (Wildman–Crippen LogP) is 2.42. The SMILES string of the molecule is Cc1ccnc(-c2ncc(C(=O)O)c(C3CC3)n2)c1. The van der Waals surface area contributed by atoms with E-state index in [0.717, 1.165) is 18.4 Å². The molecular formula is C14H13N3O2. The lowest BCUT2D eigenvalue weighted by Gasteiger charge is -2.06. The van der Waals surface area contributed by atoms with E-state index < -0.39 is 5.97 Å². The summed E-state index contributed by atoms with van der Waals surface area (Å²) in [6.07, 6.45) is 5.09. The zero-order valence-electron chi connectivity index (χ0n) is 10.5. The van der Waals surface area contributed by atoms with Crippen LogP contribution in [0.2, 0.25) is 0 Å². The van der Waals surface area contributed by atoms with Gasteiger partial charge in [0, 0.05) is 18.3 Å². The molecule has 2 aromatic heterocycles. The number of rotatable bonds is 3. The molecule has 0 saturated heterocycles. The Labute approximate surface area is 110 Å². The largest absolute Gasteiger partial charge is 0.478 e. The van der Waals surface area contributed by atoms with Gasteiger partial charge in [-0.2, -0.15) is 0 Å². The summed E-state index contributed by atoms with van der Waals surface area (Å²) in [5.41, 5.74) is 2.60. The molecule has 1 saturated carbocycles. The number of carbonyl (C=O) groups is 1. The van der Waals surface area contributed by atoms with Gasteiger partial charge in [-0.1, -0.05) is 0 Å². The smallest absolute Gasteiger partial charge is 0.339 e. The summed E-state index contributed by atoms with van der Waals surface area (Å²) in [6.45, 7) is 1.97. The third kappa shape index (κ3) is 2.31. The minimum absolute atomic E-state index is 0.207. The van der Waals surface area contributed by atoms with Crippen LogP contribution in [0.4, 0.5) is 0 Å². The van der Waals surface area contributed by atoms with E-state index in [1.165, 1.54) is 6.20 Å². The normalized spacial score (nSPS) is 14.4. The first-order valence-corrected chi connectivity index (χ1v) is 6.18. The van der Waals surface area contributed by atoms with Crippen LogP contribution in [0.15, 0.2) is 24.5 Å². The highest BCUT2D eigenvalue weighted by Crippen LogP contribution is 2.40. The van der Waals surface area contributed by atoms with Crippen molar-refractivity contribution in [2.75, 3.05) is 0 Å². The predicted molar refractivity (Wildman–Crippen MR) is 68.9 cm³/mol. The molecule has 0 aromatic carbocycles. The minimum Gasteiger partial charge on any atom is -0.478 e. The summed E-state index contributed by atoms with van der Waals surface area (Å²) < 4.78 is 0. The van der Waals surface area contributed by atoms with Gasteiger partial charge in [0.2, 0.25) is 0 Å². The van der Waals surface area contributed by atoms with Gasteiger partial charge < -0.3 is 5.11 Å². The van der Waals surface area contributed by atoms with Gasteiger partial charge in [-0.15, -0.1) is 0 Å². The van der Waals surface area contributed by atoms with Gasteiger partial charge in [0.05, 0.1) is 11.3 Å². The maximum absolute atomic E-state index is 11.2. The van der Waals surface area contributed by atoms with Gasteiger partial charge in [0.25, 0.3) is 0 Å². The average Bonchev–Trinajstić information content (AvgIpc) is 3.22. The molecule has 2 heterocycles. The standard InChI is InChI=1S/C14H13N3O2/c1-8-4-5-15-11(6-8)13-16-7-10(14(18)19)12(17-13)9-2-3-9/h4-7,9H,2-3H2,1H3,(H,18,19). The summed E-state index contributed by atoms with van der Waals surface area (Å²) in [4.78, 5) is 23.9. The fourth-order valence-electron chi connectivity index (χ4n) is 2.01. The van der Waals surface area contributed by atoms with Crippen LogP contribution in [0.5, 0.6) is 0 Å². The molecular weight excluding hydrogens is 242 g/mol. The minimum atomic E-state index is -0.967. The molecule has 3 rings (SSSR count). The lowest BCUT2D eigenvalue weighted by molar-refractivity contribution is 0.0694. The molecule has 19 heavy (non-hydrogen) atoms. The number of carboxylic acid groups (broad SMARTS) is 1. The Balaban J connectivity index is 2.08. The molecule has 1 fully saturated rings. The van der Waals surface area contributed by atoms with Crippen molar-refractivity contribution in [2.45, 2.75) is 25.7 Å². The van der Waals surface area contributed by atoms with Crippen molar-refractivity contribution in [3.63, 3.8) is 0 Å². The molecule has 5 heteroatoms. The summed E-state index contributed by atoms with van der Waals surface area (Å²) in [5, 5.41) is 9.15. The number of hydrogen-bond donors (Lipinski definition) is 1. The highest BCUT2D eigenvalue weighted by Gasteiger charge is 2.30. The van der Waals surface area contributed by atoms with Crippen LogP contribution in [0.1, 0.15) is 40.4 Å². The molecule has 0 unspecified atom stereocenters. The van der Waals surface area contributed by atoms with E-state index >= 15 is 0 Å². The fourth-order valence-corrected chi connectivity index (χ4v) is 2.01. The van der Waals surface area contributed by atoms with Crippen LogP contribution in [0, 0.1) is 6.92 Å². The summed E-state index contributed by atoms with van der Waals surface area (Å²) in [6, 6.07) is 3.80. The van der Waals surface area contributed by atoms with Crippen molar-refractivity contribution >= 4 is 5.97 Å². The van der Waals surface area contributed by atoms with E-state index in [9.17, 15) is 4.79 Å². The maximum atomic E-state index is 11.2. The molecule has 1 aliphatic carbocycles. The summed E-state index contributed by atoms with van der Waals surface area (Å²) >= 11 is 0. The third-order valence-corrected chi connectivity index (χ3v) is 3.16. The van der Waals surface area contributed by atoms with Crippen LogP contribution >= 0.6 is 0 Å². The third-order valence-electron chi connectivity index (χ3n) is 3.16. The van der Waals surface area contributed by atoms with Crippen LogP contribution in [-0.2, 0) is 0 Å². The van der Waals surface area contributed by atoms with Gasteiger partial charge in [0.1, 0.15) is 5.69 Å². The average molecular weight is 255 g/mol. The lowest BCUT2D eigenvalue weighted by Crippen LogP contribution is -2.07. The molecule has 2 aromatic rings. The van der Waals surface area contributed by atoms with Gasteiger partial charge in [-0.05, 0) is 37.5 Å². The Kier molecular flexibility index (Phi) is 2.74. The molecule has 5 nitrogen and oxygen atoms in total. The molecule has 0 aliphatic heterocycles. The summed E-state index contributed by atoms with van der Waals surface area (Å²) in [7, 11) is 0. The Hall–Kier alpha value is -2.30. The van der Waals surface area contributed by atoms with Crippen molar-refractivity contribution in [3.8, 4) is 11.5 Å².